The third-order valence-electron chi connectivity index (χ3n) is 1.51. The van der Waals surface area contributed by atoms with Gasteiger partial charge in [-0.2, -0.15) is 0 Å². The number of carbonyl (C=O) groups is 1. The molecule has 0 aromatic carbocycles. The van der Waals surface area contributed by atoms with Crippen molar-refractivity contribution in [1.29, 1.82) is 0 Å². The zero-order valence-electron chi connectivity index (χ0n) is 9.05. The molecule has 0 aliphatic rings. The summed E-state index contributed by atoms with van der Waals surface area (Å²) in [5, 5.41) is 16.8. The summed E-state index contributed by atoms with van der Waals surface area (Å²) in [6.07, 6.45) is 1.64. The molecule has 0 radical (unpaired) electrons. The number of aliphatic hydroxyl groups excluding tert-OH is 2. The van der Waals surface area contributed by atoms with Gasteiger partial charge < -0.3 is 10.2 Å². The predicted molar refractivity (Wildman–Crippen MR) is 61.0 cm³/mol. The van der Waals surface area contributed by atoms with Crippen LogP contribution in [0.2, 0.25) is 0 Å². The van der Waals surface area contributed by atoms with Crippen molar-refractivity contribution >= 4 is 5.78 Å². The molecule has 16 heavy (non-hydrogen) atoms. The Kier molecular flexibility index (Phi) is 10.1. The molecule has 0 bridgehead atoms. The number of hydrogen-bond acceptors (Lipinski definition) is 3. The Labute approximate surface area is 95.9 Å². The summed E-state index contributed by atoms with van der Waals surface area (Å²) in [5.41, 5.74) is 0. The summed E-state index contributed by atoms with van der Waals surface area (Å²) in [7, 11) is 0. The van der Waals surface area contributed by atoms with Crippen molar-refractivity contribution in [2.75, 3.05) is 13.2 Å². The fourth-order valence-corrected chi connectivity index (χ4v) is 0.764. The van der Waals surface area contributed by atoms with Gasteiger partial charge in [0.1, 0.15) is 13.2 Å². The highest BCUT2D eigenvalue weighted by Crippen LogP contribution is 1.88. The standard InChI is InChI=1S/C13H14O3/c14-11-9-7-5-3-1-2-4-6-8-10-13(16)12-15/h14-15H,2,5,8,10-12H2. The molecule has 0 unspecified atom stereocenters. The van der Waals surface area contributed by atoms with Crippen molar-refractivity contribution in [3.63, 3.8) is 0 Å². The summed E-state index contributed by atoms with van der Waals surface area (Å²) < 4.78 is 0. The fourth-order valence-electron chi connectivity index (χ4n) is 0.764. The average molecular weight is 218 g/mol. The summed E-state index contributed by atoms with van der Waals surface area (Å²) in [6, 6.07) is 0. The lowest BCUT2D eigenvalue weighted by Crippen LogP contribution is -2.01. The van der Waals surface area contributed by atoms with Crippen molar-refractivity contribution in [2.45, 2.75) is 25.7 Å². The van der Waals surface area contributed by atoms with E-state index in [0.29, 0.717) is 25.7 Å². The highest BCUT2D eigenvalue weighted by atomic mass is 16.3. The molecule has 0 amide bonds. The second-order valence-electron chi connectivity index (χ2n) is 2.77. The Bertz CT molecular complexity index is 377. The first-order chi connectivity index (χ1) is 7.81. The van der Waals surface area contributed by atoms with Crippen molar-refractivity contribution in [1.82, 2.24) is 0 Å². The van der Waals surface area contributed by atoms with Gasteiger partial charge in [-0.15, -0.1) is 5.92 Å². The largest absolute Gasteiger partial charge is 0.389 e. The molecular weight excluding hydrogens is 204 g/mol. The minimum atomic E-state index is -0.412. The van der Waals surface area contributed by atoms with Crippen LogP contribution in [0.4, 0.5) is 0 Å². The van der Waals surface area contributed by atoms with Crippen LogP contribution in [0.3, 0.4) is 0 Å². The lowest BCUT2D eigenvalue weighted by molar-refractivity contribution is -0.121. The van der Waals surface area contributed by atoms with E-state index in [1.165, 1.54) is 0 Å². The smallest absolute Gasteiger partial charge is 0.159 e. The summed E-state index contributed by atoms with van der Waals surface area (Å²) >= 11 is 0. The van der Waals surface area contributed by atoms with Crippen LogP contribution in [-0.4, -0.2) is 29.2 Å². The van der Waals surface area contributed by atoms with Gasteiger partial charge in [0.25, 0.3) is 0 Å². The Balaban J connectivity index is 3.57. The number of Topliss-reactive ketones (excluding diaryl/α,β-unsaturated/α-hetero) is 1. The highest BCUT2D eigenvalue weighted by molar-refractivity contribution is 5.79. The molecular formula is C13H14O3. The quantitative estimate of drug-likeness (QED) is 0.661. The molecule has 0 aromatic heterocycles. The molecule has 0 aliphatic heterocycles. The maximum absolute atomic E-state index is 10.7. The van der Waals surface area contributed by atoms with Crippen LogP contribution in [0.25, 0.3) is 0 Å². The molecule has 0 atom stereocenters. The molecule has 3 heteroatoms. The Hall–Kier alpha value is -1.73. The number of hydrogen-bond donors (Lipinski definition) is 2. The van der Waals surface area contributed by atoms with E-state index < -0.39 is 6.61 Å². The van der Waals surface area contributed by atoms with Gasteiger partial charge in [-0.3, -0.25) is 4.79 Å². The van der Waals surface area contributed by atoms with Crippen molar-refractivity contribution in [2.24, 2.45) is 0 Å². The zero-order valence-corrected chi connectivity index (χ0v) is 9.05. The molecule has 0 aliphatic carbocycles. The van der Waals surface area contributed by atoms with Crippen LogP contribution < -0.4 is 0 Å². The number of ketones is 1. The van der Waals surface area contributed by atoms with E-state index in [4.69, 9.17) is 10.2 Å². The summed E-state index contributed by atoms with van der Waals surface area (Å²) in [5.74, 6) is 16.1. The summed E-state index contributed by atoms with van der Waals surface area (Å²) in [4.78, 5) is 10.7. The molecule has 0 saturated heterocycles. The first kappa shape index (κ1) is 14.3. The minimum Gasteiger partial charge on any atom is -0.389 e. The Morgan fingerprint density at radius 3 is 2.00 bits per heavy atom. The molecule has 3 nitrogen and oxygen atoms in total. The molecule has 2 N–H and O–H groups in total. The zero-order chi connectivity index (χ0) is 12.1. The van der Waals surface area contributed by atoms with Gasteiger partial charge >= 0.3 is 0 Å². The maximum Gasteiger partial charge on any atom is 0.159 e. The predicted octanol–water partition coefficient (Wildman–Crippen LogP) is 0.111. The first-order valence-electron chi connectivity index (χ1n) is 4.92. The van der Waals surface area contributed by atoms with Crippen molar-refractivity contribution in [3.8, 4) is 35.5 Å². The maximum atomic E-state index is 10.7. The van der Waals surface area contributed by atoms with E-state index in [1.807, 2.05) is 0 Å². The van der Waals surface area contributed by atoms with E-state index in [2.05, 4.69) is 35.5 Å². The molecule has 0 heterocycles. The molecule has 84 valence electrons. The third-order valence-corrected chi connectivity index (χ3v) is 1.51. The van der Waals surface area contributed by atoms with Gasteiger partial charge in [0, 0.05) is 12.8 Å². The van der Waals surface area contributed by atoms with E-state index in [-0.39, 0.29) is 12.4 Å². The van der Waals surface area contributed by atoms with Gasteiger partial charge in [0.2, 0.25) is 0 Å². The molecule has 0 spiro atoms. The van der Waals surface area contributed by atoms with Crippen LogP contribution >= 0.6 is 0 Å². The van der Waals surface area contributed by atoms with Crippen LogP contribution in [0.5, 0.6) is 0 Å². The average Bonchev–Trinajstić information content (AvgIpc) is 2.31. The Morgan fingerprint density at radius 2 is 1.44 bits per heavy atom. The second kappa shape index (κ2) is 11.3. The number of aliphatic hydroxyl groups is 2. The monoisotopic (exact) mass is 218 g/mol. The highest BCUT2D eigenvalue weighted by Gasteiger charge is 1.94. The molecule has 0 rings (SSSR count). The van der Waals surface area contributed by atoms with Gasteiger partial charge in [-0.25, -0.2) is 0 Å². The SMILES string of the molecule is O=C(CO)CCC#CCC#CCC#CCO. The normalized spacial score (nSPS) is 7.62. The molecule has 0 saturated carbocycles. The van der Waals surface area contributed by atoms with Gasteiger partial charge in [-0.05, 0) is 0 Å². The third kappa shape index (κ3) is 10.4. The van der Waals surface area contributed by atoms with Crippen molar-refractivity contribution in [3.05, 3.63) is 0 Å². The molecule has 0 aromatic rings. The Morgan fingerprint density at radius 1 is 0.875 bits per heavy atom. The number of rotatable bonds is 3. The van der Waals surface area contributed by atoms with Gasteiger partial charge in [-0.1, -0.05) is 29.6 Å². The first-order valence-corrected chi connectivity index (χ1v) is 4.92. The van der Waals surface area contributed by atoms with Crippen molar-refractivity contribution < 1.29 is 15.0 Å². The minimum absolute atomic E-state index is 0.139. The number of carbonyl (C=O) groups excluding carboxylic acids is 1. The lowest BCUT2D eigenvalue weighted by Gasteiger charge is -1.87. The van der Waals surface area contributed by atoms with Gasteiger partial charge in [0.05, 0.1) is 12.8 Å². The molecule has 0 fully saturated rings. The second-order valence-corrected chi connectivity index (χ2v) is 2.77. The van der Waals surface area contributed by atoms with Crippen LogP contribution in [-0.2, 0) is 4.79 Å². The van der Waals surface area contributed by atoms with Gasteiger partial charge in [0.15, 0.2) is 5.78 Å². The van der Waals surface area contributed by atoms with E-state index >= 15 is 0 Å². The van der Waals surface area contributed by atoms with Crippen LogP contribution in [0.15, 0.2) is 0 Å². The summed E-state index contributed by atoms with van der Waals surface area (Å²) in [6.45, 7) is -0.550. The lowest BCUT2D eigenvalue weighted by atomic mass is 10.2. The van der Waals surface area contributed by atoms with E-state index in [0.717, 1.165) is 0 Å². The fraction of sp³-hybridized carbons (Fsp3) is 0.462. The van der Waals surface area contributed by atoms with Crippen LogP contribution in [0, 0.1) is 35.5 Å². The topological polar surface area (TPSA) is 57.5 Å². The van der Waals surface area contributed by atoms with E-state index in [9.17, 15) is 4.79 Å². The van der Waals surface area contributed by atoms with E-state index in [1.54, 1.807) is 0 Å². The van der Waals surface area contributed by atoms with Crippen LogP contribution in [0.1, 0.15) is 25.7 Å².